The number of hydrogen-bond donors (Lipinski definition) is 1. The maximum atomic E-state index is 12.0. The van der Waals surface area contributed by atoms with Crippen molar-refractivity contribution in [3.05, 3.63) is 53.6 Å². The lowest BCUT2D eigenvalue weighted by Crippen LogP contribution is -2.20. The summed E-state index contributed by atoms with van der Waals surface area (Å²) in [7, 11) is -3.26. The van der Waals surface area contributed by atoms with E-state index < -0.39 is 15.7 Å². The van der Waals surface area contributed by atoms with Crippen LogP contribution in [0.3, 0.4) is 0 Å². The van der Waals surface area contributed by atoms with Gasteiger partial charge in [-0.2, -0.15) is 9.36 Å². The number of hydrogen-bond acceptors (Lipinski definition) is 7. The van der Waals surface area contributed by atoms with Gasteiger partial charge >= 0.3 is 0 Å². The molecule has 140 valence electrons. The second kappa shape index (κ2) is 8.03. The van der Waals surface area contributed by atoms with Gasteiger partial charge in [-0.1, -0.05) is 23.7 Å². The molecule has 0 spiro atoms. The summed E-state index contributed by atoms with van der Waals surface area (Å²) in [6.45, 7) is -0.221. The van der Waals surface area contributed by atoms with Crippen molar-refractivity contribution in [1.82, 2.24) is 9.36 Å². The molecule has 0 saturated heterocycles. The molecular weight excluding hydrogens is 410 g/mol. The third-order valence-corrected chi connectivity index (χ3v) is 5.48. The Hall–Kier alpha value is -2.49. The third kappa shape index (κ3) is 5.03. The van der Waals surface area contributed by atoms with E-state index in [1.54, 1.807) is 36.4 Å². The van der Waals surface area contributed by atoms with E-state index in [9.17, 15) is 13.2 Å². The quantitative estimate of drug-likeness (QED) is 0.653. The van der Waals surface area contributed by atoms with Crippen molar-refractivity contribution >= 4 is 44.0 Å². The zero-order valence-electron chi connectivity index (χ0n) is 14.0. The van der Waals surface area contributed by atoms with Gasteiger partial charge in [0.05, 0.1) is 9.92 Å². The van der Waals surface area contributed by atoms with E-state index in [4.69, 9.17) is 16.3 Å². The number of benzene rings is 2. The molecule has 1 amide bonds. The number of nitrogens with zero attached hydrogens (tertiary/aromatic N) is 2. The number of anilines is 1. The Morgan fingerprint density at radius 3 is 2.56 bits per heavy atom. The highest BCUT2D eigenvalue weighted by atomic mass is 35.5. The molecule has 1 N–H and O–H groups in total. The van der Waals surface area contributed by atoms with Gasteiger partial charge in [0.15, 0.2) is 22.3 Å². The molecule has 0 radical (unpaired) electrons. The number of para-hydroxylation sites is 1. The normalized spacial score (nSPS) is 11.2. The summed E-state index contributed by atoms with van der Waals surface area (Å²) in [6.07, 6.45) is 1.14. The predicted octanol–water partition coefficient (Wildman–Crippen LogP) is 3.28. The summed E-state index contributed by atoms with van der Waals surface area (Å²) < 4.78 is 32.5. The lowest BCUT2D eigenvalue weighted by molar-refractivity contribution is -0.118. The second-order valence-electron chi connectivity index (χ2n) is 5.49. The third-order valence-electron chi connectivity index (χ3n) is 3.41. The molecule has 27 heavy (non-hydrogen) atoms. The molecule has 0 aliphatic carbocycles. The monoisotopic (exact) mass is 423 g/mol. The molecular formula is C17H14ClN3O4S2. The predicted molar refractivity (Wildman–Crippen MR) is 104 cm³/mol. The lowest BCUT2D eigenvalue weighted by atomic mass is 10.2. The number of nitrogens with one attached hydrogen (secondary N) is 1. The fraction of sp³-hybridized carbons (Fsp3) is 0.118. The number of halogens is 1. The van der Waals surface area contributed by atoms with E-state index in [2.05, 4.69) is 14.7 Å². The summed E-state index contributed by atoms with van der Waals surface area (Å²) in [5.41, 5.74) is 0.645. The summed E-state index contributed by atoms with van der Waals surface area (Å²) in [6, 6.07) is 13.1. The highest BCUT2D eigenvalue weighted by Gasteiger charge is 2.12. The molecule has 0 aliphatic heterocycles. The Morgan fingerprint density at radius 2 is 1.89 bits per heavy atom. The Bertz CT molecular complexity index is 1070. The number of ether oxygens (including phenoxy) is 1. The molecule has 1 aromatic heterocycles. The average Bonchev–Trinajstić information content (AvgIpc) is 3.09. The van der Waals surface area contributed by atoms with Crippen LogP contribution >= 0.6 is 23.1 Å². The Kier molecular flexibility index (Phi) is 5.73. The molecule has 1 heterocycles. The molecule has 3 rings (SSSR count). The van der Waals surface area contributed by atoms with Gasteiger partial charge in [0, 0.05) is 23.4 Å². The van der Waals surface area contributed by atoms with Crippen LogP contribution in [-0.4, -0.2) is 36.5 Å². The number of aromatic nitrogens is 2. The fourth-order valence-electron chi connectivity index (χ4n) is 2.10. The Labute approximate surface area is 165 Å². The highest BCUT2D eigenvalue weighted by molar-refractivity contribution is 7.90. The standard InChI is InChI=1S/C17H14ClN3O4S2/c1-27(23,24)12-8-6-11(7-9-12)16-20-17(26-21-16)19-15(22)10-25-14-5-3-2-4-13(14)18/h2-9H,10H2,1H3,(H,19,20,21,22). The lowest BCUT2D eigenvalue weighted by Gasteiger charge is -2.06. The minimum absolute atomic E-state index is 0.215. The van der Waals surface area contributed by atoms with Crippen molar-refractivity contribution in [1.29, 1.82) is 0 Å². The van der Waals surface area contributed by atoms with Crippen LogP contribution in [0, 0.1) is 0 Å². The molecule has 0 aliphatic rings. The molecule has 0 saturated carbocycles. The summed E-state index contributed by atoms with van der Waals surface area (Å²) in [5, 5.41) is 3.33. The smallest absolute Gasteiger partial charge is 0.264 e. The molecule has 0 atom stereocenters. The van der Waals surface area contributed by atoms with Crippen LogP contribution in [0.5, 0.6) is 5.75 Å². The topological polar surface area (TPSA) is 98.2 Å². The maximum absolute atomic E-state index is 12.0. The van der Waals surface area contributed by atoms with Gasteiger partial charge in [-0.25, -0.2) is 8.42 Å². The number of rotatable bonds is 6. The van der Waals surface area contributed by atoms with Crippen LogP contribution in [0.25, 0.3) is 11.4 Å². The van der Waals surface area contributed by atoms with Crippen LogP contribution in [0.2, 0.25) is 5.02 Å². The zero-order valence-corrected chi connectivity index (χ0v) is 16.4. The first-order valence-corrected chi connectivity index (χ1v) is 10.7. The molecule has 10 heteroatoms. The first kappa shape index (κ1) is 19.3. The average molecular weight is 424 g/mol. The van der Waals surface area contributed by atoms with Gasteiger partial charge in [-0.3, -0.25) is 10.1 Å². The van der Waals surface area contributed by atoms with Gasteiger partial charge in [0.2, 0.25) is 5.13 Å². The highest BCUT2D eigenvalue weighted by Crippen LogP contribution is 2.24. The summed E-state index contributed by atoms with van der Waals surface area (Å²) >= 11 is 6.98. The van der Waals surface area contributed by atoms with Crippen LogP contribution in [-0.2, 0) is 14.6 Å². The Balaban J connectivity index is 1.62. The van der Waals surface area contributed by atoms with Gasteiger partial charge in [-0.05, 0) is 36.4 Å². The van der Waals surface area contributed by atoms with Crippen molar-refractivity contribution in [2.24, 2.45) is 0 Å². The molecule has 0 unspecified atom stereocenters. The summed E-state index contributed by atoms with van der Waals surface area (Å²) in [5.74, 6) is 0.408. The van der Waals surface area contributed by atoms with Crippen LogP contribution in [0.15, 0.2) is 53.4 Å². The van der Waals surface area contributed by atoms with Crippen molar-refractivity contribution < 1.29 is 17.9 Å². The molecule has 7 nitrogen and oxygen atoms in total. The van der Waals surface area contributed by atoms with Gasteiger partial charge < -0.3 is 4.74 Å². The first-order valence-electron chi connectivity index (χ1n) is 7.64. The zero-order chi connectivity index (χ0) is 19.4. The number of carbonyl (C=O) groups is 1. The molecule has 0 fully saturated rings. The van der Waals surface area contributed by atoms with E-state index in [1.807, 2.05) is 0 Å². The Morgan fingerprint density at radius 1 is 1.19 bits per heavy atom. The van der Waals surface area contributed by atoms with Crippen LogP contribution < -0.4 is 10.1 Å². The van der Waals surface area contributed by atoms with E-state index in [0.29, 0.717) is 27.3 Å². The first-order chi connectivity index (χ1) is 12.8. The fourth-order valence-corrected chi connectivity index (χ4v) is 3.53. The number of sulfone groups is 1. The van der Waals surface area contributed by atoms with Crippen molar-refractivity contribution in [3.63, 3.8) is 0 Å². The minimum atomic E-state index is -3.26. The number of carbonyl (C=O) groups excluding carboxylic acids is 1. The minimum Gasteiger partial charge on any atom is -0.482 e. The van der Waals surface area contributed by atoms with Crippen molar-refractivity contribution in [2.45, 2.75) is 4.90 Å². The SMILES string of the molecule is CS(=O)(=O)c1ccc(-c2nsc(NC(=O)COc3ccccc3Cl)n2)cc1. The van der Waals surface area contributed by atoms with Crippen molar-refractivity contribution in [3.8, 4) is 17.1 Å². The van der Waals surface area contributed by atoms with Crippen LogP contribution in [0.1, 0.15) is 0 Å². The molecule has 3 aromatic rings. The summed E-state index contributed by atoms with van der Waals surface area (Å²) in [4.78, 5) is 16.4. The van der Waals surface area contributed by atoms with Crippen molar-refractivity contribution in [2.75, 3.05) is 18.2 Å². The molecule has 0 bridgehead atoms. The second-order valence-corrected chi connectivity index (χ2v) is 8.66. The van der Waals surface area contributed by atoms with Gasteiger partial charge in [0.25, 0.3) is 5.91 Å². The van der Waals surface area contributed by atoms with E-state index >= 15 is 0 Å². The van der Waals surface area contributed by atoms with Gasteiger partial charge in [0.1, 0.15) is 5.75 Å². The van der Waals surface area contributed by atoms with Crippen LogP contribution in [0.4, 0.5) is 5.13 Å². The van der Waals surface area contributed by atoms with E-state index in [1.165, 1.54) is 12.1 Å². The number of amides is 1. The van der Waals surface area contributed by atoms with Gasteiger partial charge in [-0.15, -0.1) is 0 Å². The van der Waals surface area contributed by atoms with E-state index in [0.717, 1.165) is 17.8 Å². The largest absolute Gasteiger partial charge is 0.482 e. The maximum Gasteiger partial charge on any atom is 0.264 e. The molecule has 2 aromatic carbocycles. The van der Waals surface area contributed by atoms with E-state index in [-0.39, 0.29) is 11.5 Å².